The van der Waals surface area contributed by atoms with Crippen LogP contribution in [0.1, 0.15) is 125 Å². The number of carbonyl (C=O) groups excluding carboxylic acids is 2. The largest absolute Gasteiger partial charge is 0.459 e. The molecule has 0 aliphatic rings. The second-order valence-corrected chi connectivity index (χ2v) is 8.41. The lowest BCUT2D eigenvalue weighted by molar-refractivity contribution is 0.0304. The van der Waals surface area contributed by atoms with Gasteiger partial charge in [0.15, 0.2) is 0 Å². The van der Waals surface area contributed by atoms with E-state index >= 15 is 0 Å². The van der Waals surface area contributed by atoms with Crippen LogP contribution in [0.25, 0.3) is 0 Å². The maximum absolute atomic E-state index is 12.3. The van der Waals surface area contributed by atoms with E-state index in [0.29, 0.717) is 11.1 Å². The minimum Gasteiger partial charge on any atom is -0.459 e. The fourth-order valence-corrected chi connectivity index (χ4v) is 3.43. The summed E-state index contributed by atoms with van der Waals surface area (Å²) in [4.78, 5) is 24.6. The topological polar surface area (TPSA) is 52.6 Å². The van der Waals surface area contributed by atoms with Crippen LogP contribution in [0.3, 0.4) is 0 Å². The van der Waals surface area contributed by atoms with E-state index in [0.717, 1.165) is 25.7 Å². The van der Waals surface area contributed by atoms with Gasteiger partial charge in [-0.3, -0.25) is 0 Å². The average Bonchev–Trinajstić information content (AvgIpc) is 2.73. The minimum atomic E-state index is -0.337. The van der Waals surface area contributed by atoms with E-state index in [2.05, 4.69) is 13.8 Å². The highest BCUT2D eigenvalue weighted by Crippen LogP contribution is 2.14. The zero-order chi connectivity index (χ0) is 22.2. The Morgan fingerprint density at radius 2 is 0.967 bits per heavy atom. The molecule has 0 aliphatic carbocycles. The first-order chi connectivity index (χ1) is 14.5. The van der Waals surface area contributed by atoms with E-state index < -0.39 is 0 Å². The molecule has 1 aromatic carbocycles. The number of benzene rings is 1. The van der Waals surface area contributed by atoms with E-state index in [1.807, 2.05) is 13.8 Å². The number of hydrogen-bond acceptors (Lipinski definition) is 4. The number of rotatable bonds is 16. The summed E-state index contributed by atoms with van der Waals surface area (Å²) >= 11 is 0. The smallest absolute Gasteiger partial charge is 0.338 e. The first kappa shape index (κ1) is 26.2. The van der Waals surface area contributed by atoms with Crippen molar-refractivity contribution in [2.45, 2.75) is 117 Å². The molecule has 2 atom stereocenters. The Kier molecular flexibility index (Phi) is 13.9. The molecule has 0 N–H and O–H groups in total. The van der Waals surface area contributed by atoms with Crippen LogP contribution in [0.4, 0.5) is 0 Å². The summed E-state index contributed by atoms with van der Waals surface area (Å²) in [7, 11) is 0. The van der Waals surface area contributed by atoms with Crippen LogP contribution in [-0.2, 0) is 9.47 Å². The van der Waals surface area contributed by atoms with Gasteiger partial charge in [0, 0.05) is 0 Å². The normalized spacial score (nSPS) is 12.9. The summed E-state index contributed by atoms with van der Waals surface area (Å²) in [6.07, 6.45) is 13.6. The number of ether oxygens (including phenoxy) is 2. The summed E-state index contributed by atoms with van der Waals surface area (Å²) in [6.45, 7) is 8.28. The zero-order valence-electron chi connectivity index (χ0n) is 19.6. The molecule has 0 saturated carbocycles. The minimum absolute atomic E-state index is 0.0954. The first-order valence-electron chi connectivity index (χ1n) is 12.0. The molecule has 0 spiro atoms. The summed E-state index contributed by atoms with van der Waals surface area (Å²) in [5.74, 6) is -0.673. The third kappa shape index (κ3) is 11.4. The lowest BCUT2D eigenvalue weighted by Gasteiger charge is -2.14. The predicted molar refractivity (Wildman–Crippen MR) is 123 cm³/mol. The highest BCUT2D eigenvalue weighted by molar-refractivity contribution is 5.93. The van der Waals surface area contributed by atoms with Crippen molar-refractivity contribution >= 4 is 11.9 Å². The Balaban J connectivity index is 2.36. The zero-order valence-corrected chi connectivity index (χ0v) is 19.6. The molecular weight excluding hydrogens is 376 g/mol. The Bertz CT molecular complexity index is 541. The van der Waals surface area contributed by atoms with Crippen molar-refractivity contribution in [2.24, 2.45) is 0 Å². The van der Waals surface area contributed by atoms with Crippen LogP contribution in [-0.4, -0.2) is 24.1 Å². The van der Waals surface area contributed by atoms with Crippen LogP contribution in [0.15, 0.2) is 24.3 Å². The van der Waals surface area contributed by atoms with Gasteiger partial charge in [-0.15, -0.1) is 0 Å². The molecule has 0 fully saturated rings. The fourth-order valence-electron chi connectivity index (χ4n) is 3.43. The highest BCUT2D eigenvalue weighted by atomic mass is 16.5. The Morgan fingerprint density at radius 3 is 1.30 bits per heavy atom. The third-order valence-electron chi connectivity index (χ3n) is 5.40. The van der Waals surface area contributed by atoms with Crippen molar-refractivity contribution in [3.8, 4) is 0 Å². The molecule has 4 heteroatoms. The van der Waals surface area contributed by atoms with Crippen LogP contribution in [0.5, 0.6) is 0 Å². The Labute approximate surface area is 183 Å². The lowest BCUT2D eigenvalue weighted by Crippen LogP contribution is -2.16. The summed E-state index contributed by atoms with van der Waals surface area (Å²) in [5.41, 5.74) is 0.932. The summed E-state index contributed by atoms with van der Waals surface area (Å²) in [6, 6.07) is 6.56. The molecule has 30 heavy (non-hydrogen) atoms. The van der Waals surface area contributed by atoms with Crippen LogP contribution < -0.4 is 0 Å². The molecule has 1 rings (SSSR count). The summed E-state index contributed by atoms with van der Waals surface area (Å²) in [5, 5.41) is 0. The third-order valence-corrected chi connectivity index (χ3v) is 5.40. The van der Waals surface area contributed by atoms with Gasteiger partial charge in [-0.05, 0) is 63.8 Å². The van der Waals surface area contributed by atoms with Gasteiger partial charge in [-0.1, -0.05) is 65.2 Å². The summed E-state index contributed by atoms with van der Waals surface area (Å²) < 4.78 is 11.0. The van der Waals surface area contributed by atoms with Gasteiger partial charge in [-0.2, -0.15) is 0 Å². The van der Waals surface area contributed by atoms with Crippen LogP contribution in [0.2, 0.25) is 0 Å². The molecule has 0 unspecified atom stereocenters. The van der Waals surface area contributed by atoms with E-state index in [1.54, 1.807) is 24.3 Å². The number of hydrogen-bond donors (Lipinski definition) is 0. The second-order valence-electron chi connectivity index (χ2n) is 8.41. The molecule has 0 aromatic heterocycles. The van der Waals surface area contributed by atoms with Crippen molar-refractivity contribution < 1.29 is 19.1 Å². The first-order valence-corrected chi connectivity index (χ1v) is 12.0. The molecule has 0 amide bonds. The Hall–Kier alpha value is -1.84. The maximum atomic E-state index is 12.3. The maximum Gasteiger partial charge on any atom is 0.338 e. The van der Waals surface area contributed by atoms with Crippen LogP contribution >= 0.6 is 0 Å². The van der Waals surface area contributed by atoms with Crippen LogP contribution in [0, 0.1) is 0 Å². The van der Waals surface area contributed by atoms with Crippen molar-refractivity contribution in [3.63, 3.8) is 0 Å². The van der Waals surface area contributed by atoms with Gasteiger partial charge in [-0.25, -0.2) is 9.59 Å². The molecule has 0 heterocycles. The van der Waals surface area contributed by atoms with Crippen molar-refractivity contribution in [1.29, 1.82) is 0 Å². The second kappa shape index (κ2) is 15.9. The fraction of sp³-hybridized carbons (Fsp3) is 0.692. The van der Waals surface area contributed by atoms with Gasteiger partial charge >= 0.3 is 11.9 Å². The van der Waals surface area contributed by atoms with Crippen molar-refractivity contribution in [1.82, 2.24) is 0 Å². The van der Waals surface area contributed by atoms with Gasteiger partial charge in [0.25, 0.3) is 0 Å². The predicted octanol–water partition coefficient (Wildman–Crippen LogP) is 7.50. The van der Waals surface area contributed by atoms with Gasteiger partial charge < -0.3 is 9.47 Å². The molecule has 0 aliphatic heterocycles. The van der Waals surface area contributed by atoms with Gasteiger partial charge in [0.05, 0.1) is 23.3 Å². The van der Waals surface area contributed by atoms with E-state index in [-0.39, 0.29) is 24.1 Å². The number of esters is 2. The molecule has 170 valence electrons. The van der Waals surface area contributed by atoms with Gasteiger partial charge in [0.2, 0.25) is 0 Å². The quantitative estimate of drug-likeness (QED) is 0.206. The van der Waals surface area contributed by atoms with Crippen molar-refractivity contribution in [3.05, 3.63) is 35.4 Å². The highest BCUT2D eigenvalue weighted by Gasteiger charge is 2.15. The molecule has 0 radical (unpaired) electrons. The Morgan fingerprint density at radius 1 is 0.633 bits per heavy atom. The van der Waals surface area contributed by atoms with Crippen molar-refractivity contribution in [2.75, 3.05) is 0 Å². The average molecular weight is 419 g/mol. The van der Waals surface area contributed by atoms with E-state index in [4.69, 9.17) is 9.47 Å². The number of unbranched alkanes of at least 4 members (excludes halogenated alkanes) is 8. The standard InChI is InChI=1S/C26H42O4/c1-5-7-9-11-13-15-21(3)29-25(27)23-17-19-24(20-18-23)26(28)30-22(4)16-14-12-10-8-6-2/h17-22H,5-16H2,1-4H3/t21-,22-/m1/s1. The monoisotopic (exact) mass is 418 g/mol. The molecular formula is C26H42O4. The lowest BCUT2D eigenvalue weighted by atomic mass is 10.1. The van der Waals surface area contributed by atoms with Gasteiger partial charge in [0.1, 0.15) is 0 Å². The SMILES string of the molecule is CCCCCCC[C@@H](C)OC(=O)c1ccc(C(=O)O[C@H](C)CCCCCCC)cc1. The molecule has 0 bridgehead atoms. The van der Waals surface area contributed by atoms with E-state index in [1.165, 1.54) is 51.4 Å². The number of carbonyl (C=O) groups is 2. The molecule has 1 aromatic rings. The van der Waals surface area contributed by atoms with E-state index in [9.17, 15) is 9.59 Å². The molecule has 0 saturated heterocycles. The molecule has 4 nitrogen and oxygen atoms in total.